The highest BCUT2D eigenvalue weighted by atomic mass is 16.2. The molecule has 2 aromatic rings. The molecule has 0 radical (unpaired) electrons. The molecule has 0 saturated carbocycles. The second kappa shape index (κ2) is 6.26. The van der Waals surface area contributed by atoms with Crippen molar-refractivity contribution >= 4 is 17.9 Å². The maximum absolute atomic E-state index is 11.7. The summed E-state index contributed by atoms with van der Waals surface area (Å²) in [7, 11) is 0. The summed E-state index contributed by atoms with van der Waals surface area (Å²) in [5.41, 5.74) is 3.33. The van der Waals surface area contributed by atoms with Crippen LogP contribution in [-0.2, 0) is 0 Å². The van der Waals surface area contributed by atoms with Crippen molar-refractivity contribution in [2.24, 2.45) is 5.10 Å². The van der Waals surface area contributed by atoms with E-state index in [2.05, 4.69) is 10.5 Å². The lowest BCUT2D eigenvalue weighted by Gasteiger charge is -1.98. The number of nitrogens with one attached hydrogen (secondary N) is 1. The van der Waals surface area contributed by atoms with Gasteiger partial charge in [0.25, 0.3) is 5.91 Å². The predicted octanol–water partition coefficient (Wildman–Crippen LogP) is 2.29. The van der Waals surface area contributed by atoms with E-state index in [0.717, 1.165) is 6.21 Å². The van der Waals surface area contributed by atoms with Crippen LogP contribution in [0.15, 0.2) is 65.8 Å². The van der Waals surface area contributed by atoms with E-state index in [1.165, 1.54) is 0 Å². The molecular weight excluding hydrogens is 240 g/mol. The smallest absolute Gasteiger partial charge is 0.271 e. The SMILES string of the molecule is O=C(C=NNC(=O)c1ccccc1)c1ccccc1. The van der Waals surface area contributed by atoms with Gasteiger partial charge in [-0.2, -0.15) is 5.10 Å². The van der Waals surface area contributed by atoms with E-state index >= 15 is 0 Å². The Bertz CT molecular complexity index is 592. The largest absolute Gasteiger partial charge is 0.287 e. The van der Waals surface area contributed by atoms with Crippen LogP contribution in [0.1, 0.15) is 20.7 Å². The standard InChI is InChI=1S/C15H12N2O2/c18-14(12-7-3-1-4-8-12)11-16-17-15(19)13-9-5-2-6-10-13/h1-11H,(H,17,19). The zero-order valence-electron chi connectivity index (χ0n) is 10.1. The molecule has 0 atom stereocenters. The zero-order valence-corrected chi connectivity index (χ0v) is 10.1. The number of hydrogen-bond donors (Lipinski definition) is 1. The lowest BCUT2D eigenvalue weighted by molar-refractivity contribution is 0.0955. The van der Waals surface area contributed by atoms with E-state index in [4.69, 9.17) is 0 Å². The Morgan fingerprint density at radius 2 is 1.37 bits per heavy atom. The van der Waals surface area contributed by atoms with E-state index in [9.17, 15) is 9.59 Å². The molecule has 4 nitrogen and oxygen atoms in total. The second-order valence-electron chi connectivity index (χ2n) is 3.80. The topological polar surface area (TPSA) is 58.5 Å². The van der Waals surface area contributed by atoms with E-state index in [1.54, 1.807) is 48.5 Å². The molecule has 4 heteroatoms. The maximum Gasteiger partial charge on any atom is 0.271 e. The number of ketones is 1. The van der Waals surface area contributed by atoms with Crippen molar-refractivity contribution in [3.63, 3.8) is 0 Å². The quantitative estimate of drug-likeness (QED) is 0.515. The van der Waals surface area contributed by atoms with Crippen molar-refractivity contribution in [2.45, 2.75) is 0 Å². The Labute approximate surface area is 110 Å². The van der Waals surface area contributed by atoms with Crippen molar-refractivity contribution in [3.05, 3.63) is 71.8 Å². The molecule has 1 N–H and O–H groups in total. The van der Waals surface area contributed by atoms with Crippen molar-refractivity contribution in [1.82, 2.24) is 5.43 Å². The number of carbonyl (C=O) groups excluding carboxylic acids is 2. The summed E-state index contributed by atoms with van der Waals surface area (Å²) in [5.74, 6) is -0.605. The van der Waals surface area contributed by atoms with E-state index in [0.29, 0.717) is 11.1 Å². The predicted molar refractivity (Wildman–Crippen MR) is 73.2 cm³/mol. The summed E-state index contributed by atoms with van der Waals surface area (Å²) in [6, 6.07) is 17.4. The molecule has 94 valence electrons. The molecule has 0 bridgehead atoms. The summed E-state index contributed by atoms with van der Waals surface area (Å²) >= 11 is 0. The average molecular weight is 252 g/mol. The Morgan fingerprint density at radius 1 is 0.842 bits per heavy atom. The number of Topliss-reactive ketones (excluding diaryl/α,β-unsaturated/α-hetero) is 1. The van der Waals surface area contributed by atoms with Gasteiger partial charge in [0.15, 0.2) is 0 Å². The highest BCUT2D eigenvalue weighted by Gasteiger charge is 2.03. The van der Waals surface area contributed by atoms with Crippen molar-refractivity contribution in [2.75, 3.05) is 0 Å². The Morgan fingerprint density at radius 3 is 1.95 bits per heavy atom. The van der Waals surface area contributed by atoms with Crippen LogP contribution >= 0.6 is 0 Å². The van der Waals surface area contributed by atoms with Gasteiger partial charge in [-0.25, -0.2) is 5.43 Å². The maximum atomic E-state index is 11.7. The summed E-state index contributed by atoms with van der Waals surface area (Å²) in [6.45, 7) is 0. The number of nitrogens with zero attached hydrogens (tertiary/aromatic N) is 1. The minimum absolute atomic E-state index is 0.256. The van der Waals surface area contributed by atoms with Crippen molar-refractivity contribution in [1.29, 1.82) is 0 Å². The van der Waals surface area contributed by atoms with Gasteiger partial charge in [0.2, 0.25) is 5.78 Å². The van der Waals surface area contributed by atoms with Gasteiger partial charge in [-0.15, -0.1) is 0 Å². The Balaban J connectivity index is 1.94. The number of hydrazone groups is 1. The molecule has 0 aliphatic rings. The summed E-state index contributed by atoms with van der Waals surface area (Å²) in [4.78, 5) is 23.3. The van der Waals surface area contributed by atoms with Gasteiger partial charge >= 0.3 is 0 Å². The number of benzene rings is 2. The second-order valence-corrected chi connectivity index (χ2v) is 3.80. The van der Waals surface area contributed by atoms with Crippen LogP contribution in [0.2, 0.25) is 0 Å². The van der Waals surface area contributed by atoms with Gasteiger partial charge in [-0.1, -0.05) is 48.5 Å². The average Bonchev–Trinajstić information content (AvgIpc) is 2.49. The lowest BCUT2D eigenvalue weighted by atomic mass is 10.1. The van der Waals surface area contributed by atoms with Crippen molar-refractivity contribution < 1.29 is 9.59 Å². The van der Waals surface area contributed by atoms with Gasteiger partial charge in [0.1, 0.15) is 0 Å². The number of carbonyl (C=O) groups is 2. The summed E-state index contributed by atoms with van der Waals surface area (Å²) < 4.78 is 0. The molecule has 0 unspecified atom stereocenters. The van der Waals surface area contributed by atoms with Gasteiger partial charge in [0.05, 0.1) is 6.21 Å². The third-order valence-electron chi connectivity index (χ3n) is 2.44. The summed E-state index contributed by atoms with van der Waals surface area (Å²) in [5, 5.41) is 3.65. The first kappa shape index (κ1) is 12.7. The highest BCUT2D eigenvalue weighted by Crippen LogP contribution is 1.99. The molecule has 0 fully saturated rings. The van der Waals surface area contributed by atoms with Crippen LogP contribution < -0.4 is 5.43 Å². The minimum atomic E-state index is -0.349. The van der Waals surface area contributed by atoms with Crippen LogP contribution in [0, 0.1) is 0 Å². The van der Waals surface area contributed by atoms with Crippen LogP contribution in [-0.4, -0.2) is 17.9 Å². The lowest BCUT2D eigenvalue weighted by Crippen LogP contribution is -2.18. The number of rotatable bonds is 4. The first-order chi connectivity index (χ1) is 9.27. The van der Waals surface area contributed by atoms with Crippen LogP contribution in [0.25, 0.3) is 0 Å². The van der Waals surface area contributed by atoms with Gasteiger partial charge in [-0.05, 0) is 12.1 Å². The Hall–Kier alpha value is -2.75. The van der Waals surface area contributed by atoms with Gasteiger partial charge in [0, 0.05) is 11.1 Å². The molecule has 2 rings (SSSR count). The molecule has 2 aromatic carbocycles. The van der Waals surface area contributed by atoms with Crippen LogP contribution in [0.4, 0.5) is 0 Å². The van der Waals surface area contributed by atoms with E-state index < -0.39 is 0 Å². The molecule has 0 aliphatic carbocycles. The third-order valence-corrected chi connectivity index (χ3v) is 2.44. The first-order valence-electron chi connectivity index (χ1n) is 5.75. The fraction of sp³-hybridized carbons (Fsp3) is 0. The zero-order chi connectivity index (χ0) is 13.5. The molecule has 0 saturated heterocycles. The first-order valence-corrected chi connectivity index (χ1v) is 5.75. The van der Waals surface area contributed by atoms with Crippen LogP contribution in [0.5, 0.6) is 0 Å². The number of amides is 1. The number of hydrogen-bond acceptors (Lipinski definition) is 3. The molecule has 0 aromatic heterocycles. The van der Waals surface area contributed by atoms with Gasteiger partial charge in [-0.3, -0.25) is 9.59 Å². The van der Waals surface area contributed by atoms with Crippen molar-refractivity contribution in [3.8, 4) is 0 Å². The molecular formula is C15H12N2O2. The van der Waals surface area contributed by atoms with Crippen LogP contribution in [0.3, 0.4) is 0 Å². The molecule has 0 heterocycles. The normalized spacial score (nSPS) is 10.3. The van der Waals surface area contributed by atoms with Gasteiger partial charge < -0.3 is 0 Å². The highest BCUT2D eigenvalue weighted by molar-refractivity contribution is 6.35. The van der Waals surface area contributed by atoms with E-state index in [-0.39, 0.29) is 11.7 Å². The van der Waals surface area contributed by atoms with E-state index in [1.807, 2.05) is 12.1 Å². The molecule has 1 amide bonds. The fourth-order valence-electron chi connectivity index (χ4n) is 1.48. The summed E-state index contributed by atoms with van der Waals surface area (Å²) in [6.07, 6.45) is 1.09. The minimum Gasteiger partial charge on any atom is -0.287 e. The third kappa shape index (κ3) is 3.61. The Kier molecular flexibility index (Phi) is 4.18. The molecule has 0 aliphatic heterocycles. The monoisotopic (exact) mass is 252 g/mol. The molecule has 19 heavy (non-hydrogen) atoms. The molecule has 0 spiro atoms. The fourth-order valence-corrected chi connectivity index (χ4v) is 1.48.